The molecule has 2 rings (SSSR count). The van der Waals surface area contributed by atoms with Crippen molar-refractivity contribution in [1.29, 1.82) is 0 Å². The number of nitrogens with zero attached hydrogens (tertiary/aromatic N) is 1. The number of amides is 1. The number of nitrogens with two attached hydrogens (primary N) is 1. The Morgan fingerprint density at radius 2 is 2.05 bits per heavy atom. The van der Waals surface area contributed by atoms with Gasteiger partial charge in [0.05, 0.1) is 5.41 Å². The van der Waals surface area contributed by atoms with Crippen molar-refractivity contribution in [1.82, 2.24) is 10.2 Å². The molecule has 1 aliphatic heterocycles. The Kier molecular flexibility index (Phi) is 5.85. The van der Waals surface area contributed by atoms with E-state index >= 15 is 0 Å². The minimum absolute atomic E-state index is 0.198. The molecule has 1 amide bonds. The lowest BCUT2D eigenvalue weighted by Crippen LogP contribution is -2.45. The summed E-state index contributed by atoms with van der Waals surface area (Å²) >= 11 is 0. The fourth-order valence-electron chi connectivity index (χ4n) is 3.74. The second kappa shape index (κ2) is 7.41. The van der Waals surface area contributed by atoms with Crippen LogP contribution in [0.2, 0.25) is 0 Å². The highest BCUT2D eigenvalue weighted by atomic mass is 16.2. The van der Waals surface area contributed by atoms with Gasteiger partial charge in [-0.05, 0) is 45.6 Å². The van der Waals surface area contributed by atoms with E-state index in [4.69, 9.17) is 5.73 Å². The van der Waals surface area contributed by atoms with Gasteiger partial charge >= 0.3 is 0 Å². The molecule has 1 atom stereocenters. The van der Waals surface area contributed by atoms with Crippen LogP contribution in [0.1, 0.15) is 58.3 Å². The van der Waals surface area contributed by atoms with Gasteiger partial charge in [-0.3, -0.25) is 4.79 Å². The molecule has 116 valence electrons. The van der Waals surface area contributed by atoms with Crippen LogP contribution in [0.25, 0.3) is 0 Å². The molecule has 0 aromatic rings. The molecule has 0 bridgehead atoms. The van der Waals surface area contributed by atoms with E-state index in [2.05, 4.69) is 17.1 Å². The van der Waals surface area contributed by atoms with Crippen LogP contribution in [-0.4, -0.2) is 43.0 Å². The highest BCUT2D eigenvalue weighted by Gasteiger charge is 2.39. The summed E-state index contributed by atoms with van der Waals surface area (Å²) in [6.45, 7) is 5.95. The Morgan fingerprint density at radius 1 is 1.30 bits per heavy atom. The molecule has 0 aromatic carbocycles. The Balaban J connectivity index is 1.66. The molecular weight excluding hydrogens is 250 g/mol. The molecule has 0 spiro atoms. The van der Waals surface area contributed by atoms with Crippen molar-refractivity contribution in [2.45, 2.75) is 64.3 Å². The topological polar surface area (TPSA) is 58.4 Å². The first-order valence-electron chi connectivity index (χ1n) is 8.40. The molecule has 1 heterocycles. The van der Waals surface area contributed by atoms with Crippen LogP contribution in [-0.2, 0) is 4.79 Å². The van der Waals surface area contributed by atoms with Gasteiger partial charge in [0.1, 0.15) is 0 Å². The van der Waals surface area contributed by atoms with Crippen molar-refractivity contribution in [3.63, 3.8) is 0 Å². The van der Waals surface area contributed by atoms with E-state index in [0.29, 0.717) is 12.6 Å². The lowest BCUT2D eigenvalue weighted by Gasteiger charge is -2.33. The third kappa shape index (κ3) is 3.73. The van der Waals surface area contributed by atoms with Crippen LogP contribution < -0.4 is 11.1 Å². The number of nitrogens with one attached hydrogen (secondary N) is 1. The molecular formula is C16H31N3O. The van der Waals surface area contributed by atoms with E-state index in [-0.39, 0.29) is 11.3 Å². The monoisotopic (exact) mass is 281 g/mol. The van der Waals surface area contributed by atoms with Crippen molar-refractivity contribution in [2.75, 3.05) is 26.2 Å². The normalized spacial score (nSPS) is 26.6. The van der Waals surface area contributed by atoms with E-state index in [1.807, 2.05) is 0 Å². The van der Waals surface area contributed by atoms with Crippen molar-refractivity contribution in [3.05, 3.63) is 0 Å². The van der Waals surface area contributed by atoms with E-state index in [1.54, 1.807) is 0 Å². The highest BCUT2D eigenvalue weighted by Crippen LogP contribution is 2.37. The smallest absolute Gasteiger partial charge is 0.227 e. The third-order valence-corrected chi connectivity index (χ3v) is 5.28. The minimum atomic E-state index is -0.252. The summed E-state index contributed by atoms with van der Waals surface area (Å²) in [6, 6.07) is 0.713. The van der Waals surface area contributed by atoms with Crippen molar-refractivity contribution < 1.29 is 4.79 Å². The van der Waals surface area contributed by atoms with Gasteiger partial charge in [0.25, 0.3) is 0 Å². The highest BCUT2D eigenvalue weighted by molar-refractivity contribution is 5.83. The second-order valence-electron chi connectivity index (χ2n) is 6.68. The summed E-state index contributed by atoms with van der Waals surface area (Å²) < 4.78 is 0. The third-order valence-electron chi connectivity index (χ3n) is 5.28. The van der Waals surface area contributed by atoms with Crippen molar-refractivity contribution in [2.24, 2.45) is 11.1 Å². The van der Waals surface area contributed by atoms with Gasteiger partial charge in [-0.15, -0.1) is 0 Å². The molecule has 1 unspecified atom stereocenters. The molecule has 0 aromatic heterocycles. The molecule has 1 saturated carbocycles. The number of carbonyl (C=O) groups is 1. The quantitative estimate of drug-likeness (QED) is 0.731. The maximum atomic E-state index is 12.3. The fourth-order valence-corrected chi connectivity index (χ4v) is 3.74. The van der Waals surface area contributed by atoms with Gasteiger partial charge in [-0.25, -0.2) is 0 Å². The Labute approximate surface area is 123 Å². The van der Waals surface area contributed by atoms with Crippen LogP contribution in [0.3, 0.4) is 0 Å². The second-order valence-corrected chi connectivity index (χ2v) is 6.68. The standard InChI is InChI=1S/C16H31N3O/c1-14-7-2-5-11-19(14)12-6-10-18-15(20)16(13-17)8-3-4-9-16/h14H,2-13,17H2,1H3,(H,18,20). The molecule has 4 nitrogen and oxygen atoms in total. The fraction of sp³-hybridized carbons (Fsp3) is 0.938. The van der Waals surface area contributed by atoms with E-state index in [9.17, 15) is 4.79 Å². The zero-order chi connectivity index (χ0) is 14.4. The molecule has 2 fully saturated rings. The van der Waals surface area contributed by atoms with Crippen LogP contribution in [0, 0.1) is 5.41 Å². The number of rotatable bonds is 6. The first-order valence-corrected chi connectivity index (χ1v) is 8.40. The molecule has 1 saturated heterocycles. The summed E-state index contributed by atoms with van der Waals surface area (Å²) in [6.07, 6.45) is 9.31. The van der Waals surface area contributed by atoms with E-state index in [0.717, 1.165) is 45.2 Å². The van der Waals surface area contributed by atoms with Gasteiger partial charge in [-0.2, -0.15) is 0 Å². The Bertz CT molecular complexity index is 313. The molecule has 3 N–H and O–H groups in total. The van der Waals surface area contributed by atoms with Crippen LogP contribution >= 0.6 is 0 Å². The first kappa shape index (κ1) is 15.8. The summed E-state index contributed by atoms with van der Waals surface area (Å²) in [4.78, 5) is 14.9. The lowest BCUT2D eigenvalue weighted by molar-refractivity contribution is -0.130. The van der Waals surface area contributed by atoms with Crippen molar-refractivity contribution in [3.8, 4) is 0 Å². The summed E-state index contributed by atoms with van der Waals surface area (Å²) in [5.74, 6) is 0.198. The predicted molar refractivity (Wildman–Crippen MR) is 82.5 cm³/mol. The van der Waals surface area contributed by atoms with Crippen LogP contribution in [0.4, 0.5) is 0 Å². The molecule has 4 heteroatoms. The number of carbonyl (C=O) groups excluding carboxylic acids is 1. The van der Waals surface area contributed by atoms with Gasteiger partial charge in [0.2, 0.25) is 5.91 Å². The largest absolute Gasteiger partial charge is 0.356 e. The lowest BCUT2D eigenvalue weighted by atomic mass is 9.85. The van der Waals surface area contributed by atoms with Gasteiger partial charge in [0.15, 0.2) is 0 Å². The van der Waals surface area contributed by atoms with Gasteiger partial charge in [-0.1, -0.05) is 19.3 Å². The maximum Gasteiger partial charge on any atom is 0.227 e. The summed E-state index contributed by atoms with van der Waals surface area (Å²) in [5.41, 5.74) is 5.59. The molecule has 1 aliphatic carbocycles. The zero-order valence-electron chi connectivity index (χ0n) is 13.0. The Morgan fingerprint density at radius 3 is 2.70 bits per heavy atom. The predicted octanol–water partition coefficient (Wildman–Crippen LogP) is 1.89. The van der Waals surface area contributed by atoms with Crippen LogP contribution in [0.15, 0.2) is 0 Å². The van der Waals surface area contributed by atoms with Crippen molar-refractivity contribution >= 4 is 5.91 Å². The number of piperidine rings is 1. The molecule has 0 radical (unpaired) electrons. The zero-order valence-corrected chi connectivity index (χ0v) is 13.0. The number of likely N-dealkylation sites (tertiary alicyclic amines) is 1. The molecule has 2 aliphatic rings. The SMILES string of the molecule is CC1CCCCN1CCCNC(=O)C1(CN)CCCC1. The average Bonchev–Trinajstić information content (AvgIpc) is 2.95. The Hall–Kier alpha value is -0.610. The van der Waals surface area contributed by atoms with Crippen LogP contribution in [0.5, 0.6) is 0 Å². The van der Waals surface area contributed by atoms with Gasteiger partial charge < -0.3 is 16.0 Å². The van der Waals surface area contributed by atoms with Gasteiger partial charge in [0, 0.05) is 25.7 Å². The average molecular weight is 281 g/mol. The maximum absolute atomic E-state index is 12.3. The summed E-state index contributed by atoms with van der Waals surface area (Å²) in [5, 5.41) is 3.13. The molecule has 20 heavy (non-hydrogen) atoms. The minimum Gasteiger partial charge on any atom is -0.356 e. The van der Waals surface area contributed by atoms with E-state index < -0.39 is 0 Å². The number of hydrogen-bond donors (Lipinski definition) is 2. The number of hydrogen-bond acceptors (Lipinski definition) is 3. The van der Waals surface area contributed by atoms with E-state index in [1.165, 1.54) is 25.8 Å². The first-order chi connectivity index (χ1) is 9.68. The summed E-state index contributed by atoms with van der Waals surface area (Å²) in [7, 11) is 0.